The number of aromatic nitrogens is 4. The zero-order valence-corrected chi connectivity index (χ0v) is 31.5. The first-order chi connectivity index (χ1) is 21.1. The van der Waals surface area contributed by atoms with Crippen molar-refractivity contribution in [1.29, 1.82) is 0 Å². The lowest BCUT2D eigenvalue weighted by molar-refractivity contribution is 0.586. The van der Waals surface area contributed by atoms with E-state index < -0.39 is 0 Å². The Balaban J connectivity index is 0.000000214. The third kappa shape index (κ3) is 12.6. The number of hydrogen-bond donors (Lipinski definition) is 0. The maximum Gasteiger partial charge on any atom is 0.0516 e. The van der Waals surface area contributed by atoms with Crippen molar-refractivity contribution in [3.63, 3.8) is 0 Å². The first-order valence-electron chi connectivity index (χ1n) is 16.5. The van der Waals surface area contributed by atoms with Crippen LogP contribution in [0.3, 0.4) is 0 Å². The van der Waals surface area contributed by atoms with Gasteiger partial charge in [-0.15, -0.1) is 0 Å². The molecular weight excluding hydrogens is 560 g/mol. The van der Waals surface area contributed by atoms with E-state index in [1.54, 1.807) is 0 Å². The molecule has 1 aliphatic rings. The summed E-state index contributed by atoms with van der Waals surface area (Å²) >= 11 is 0. The van der Waals surface area contributed by atoms with Gasteiger partial charge in [-0.25, -0.2) is 0 Å². The second-order valence-corrected chi connectivity index (χ2v) is 16.4. The van der Waals surface area contributed by atoms with Crippen LogP contribution in [0.4, 0.5) is 0 Å². The van der Waals surface area contributed by atoms with E-state index in [-0.39, 0.29) is 21.7 Å². The predicted octanol–water partition coefficient (Wildman–Crippen LogP) is 11.0. The molecule has 4 heterocycles. The molecule has 4 nitrogen and oxygen atoms in total. The van der Waals surface area contributed by atoms with Gasteiger partial charge in [0.2, 0.25) is 0 Å². The minimum Gasteiger partial charge on any atom is -0.262 e. The fourth-order valence-electron chi connectivity index (χ4n) is 4.64. The van der Waals surface area contributed by atoms with Gasteiger partial charge in [0.25, 0.3) is 0 Å². The molecule has 0 fully saturated rings. The van der Waals surface area contributed by atoms with Crippen molar-refractivity contribution in [2.45, 2.75) is 132 Å². The Hall–Kier alpha value is -3.66. The number of rotatable bonds is 0. The third-order valence-electron chi connectivity index (χ3n) is 7.79. The minimum atomic E-state index is 0.223. The van der Waals surface area contributed by atoms with Crippen LogP contribution in [-0.4, -0.2) is 19.9 Å². The largest absolute Gasteiger partial charge is 0.262 e. The molecule has 4 heteroatoms. The molecule has 0 N–H and O–H groups in total. The summed E-state index contributed by atoms with van der Waals surface area (Å²) in [6, 6.07) is 14.7. The summed E-state index contributed by atoms with van der Waals surface area (Å²) in [5.41, 5.74) is 12.1. The van der Waals surface area contributed by atoms with Crippen LogP contribution in [0.25, 0.3) is 6.08 Å². The highest BCUT2D eigenvalue weighted by Crippen LogP contribution is 2.30. The third-order valence-corrected chi connectivity index (χ3v) is 7.79. The van der Waals surface area contributed by atoms with E-state index in [4.69, 9.17) is 0 Å². The van der Waals surface area contributed by atoms with Crippen molar-refractivity contribution in [2.75, 3.05) is 0 Å². The molecule has 0 aliphatic heterocycles. The Morgan fingerprint density at radius 1 is 0.478 bits per heavy atom. The molecule has 5 rings (SSSR count). The normalized spacial score (nSPS) is 12.5. The van der Waals surface area contributed by atoms with Crippen molar-refractivity contribution in [1.82, 2.24) is 19.9 Å². The van der Waals surface area contributed by atoms with Crippen molar-refractivity contribution >= 4 is 6.08 Å². The molecule has 0 amide bonds. The van der Waals surface area contributed by atoms with E-state index in [2.05, 4.69) is 158 Å². The summed E-state index contributed by atoms with van der Waals surface area (Å²) in [5, 5.41) is 0. The van der Waals surface area contributed by atoms with Crippen molar-refractivity contribution < 1.29 is 0 Å². The number of hydrogen-bond acceptors (Lipinski definition) is 4. The topological polar surface area (TPSA) is 51.6 Å². The van der Waals surface area contributed by atoms with Gasteiger partial charge in [-0.3, -0.25) is 19.9 Å². The van der Waals surface area contributed by atoms with E-state index in [1.165, 1.54) is 33.5 Å². The Labute approximate surface area is 281 Å². The molecule has 0 bridgehead atoms. The summed E-state index contributed by atoms with van der Waals surface area (Å²) in [7, 11) is 0. The molecule has 0 spiro atoms. The number of allylic oxidation sites excluding steroid dienone is 1. The Morgan fingerprint density at radius 3 is 1.33 bits per heavy atom. The average Bonchev–Trinajstić information content (AvgIpc) is 3.42. The lowest BCUT2D eigenvalue weighted by atomic mass is 9.84. The number of aryl methyl sites for hydroxylation is 3. The van der Waals surface area contributed by atoms with Crippen LogP contribution in [-0.2, 0) is 28.1 Å². The smallest absolute Gasteiger partial charge is 0.0516 e. The molecule has 0 saturated carbocycles. The van der Waals surface area contributed by atoms with Crippen LogP contribution in [0.2, 0.25) is 0 Å². The molecule has 248 valence electrons. The zero-order valence-electron chi connectivity index (χ0n) is 31.5. The number of fused-ring (bicyclic) bond motifs is 1. The van der Waals surface area contributed by atoms with Gasteiger partial charge in [0.05, 0.1) is 5.69 Å². The summed E-state index contributed by atoms with van der Waals surface area (Å²) in [6.07, 6.45) is 13.1. The Kier molecular flexibility index (Phi) is 13.2. The van der Waals surface area contributed by atoms with Crippen LogP contribution in [0.1, 0.15) is 134 Å². The highest BCUT2D eigenvalue weighted by Gasteiger charge is 2.20. The first kappa shape index (κ1) is 38.5. The van der Waals surface area contributed by atoms with E-state index in [9.17, 15) is 0 Å². The van der Waals surface area contributed by atoms with E-state index in [0.29, 0.717) is 0 Å². The maximum absolute atomic E-state index is 4.37. The molecule has 4 aromatic rings. The summed E-state index contributed by atoms with van der Waals surface area (Å²) in [4.78, 5) is 17.0. The standard InChI is InChI=1S/C12H15N.3C10H15N/c1-12(2,3)10-7-8-13-11-6-4-5-9(10)11;1-8-7-9(5-6-11-8)10(2,3)4;2*1-8-5-6-9(7-11-8)10(2,3)4/h4-5,7-8H,6H2,1-3H3;3*5-7H,1-4H3. The average molecular weight is 621 g/mol. The lowest BCUT2D eigenvalue weighted by Gasteiger charge is -2.21. The monoisotopic (exact) mass is 620 g/mol. The first-order valence-corrected chi connectivity index (χ1v) is 16.5. The van der Waals surface area contributed by atoms with Crippen molar-refractivity contribution in [3.05, 3.63) is 124 Å². The SMILES string of the molecule is CC(C)(C)c1ccnc2c1C=CC2.Cc1cc(C(C)(C)C)ccn1.Cc1ccc(C(C)(C)C)cn1.Cc1ccc(C(C)(C)C)cn1. The fourth-order valence-corrected chi connectivity index (χ4v) is 4.64. The van der Waals surface area contributed by atoms with Crippen LogP contribution in [0.15, 0.2) is 73.3 Å². The van der Waals surface area contributed by atoms with Gasteiger partial charge in [0.1, 0.15) is 0 Å². The van der Waals surface area contributed by atoms with Crippen LogP contribution >= 0.6 is 0 Å². The zero-order chi connectivity index (χ0) is 34.9. The molecule has 1 aliphatic carbocycles. The number of nitrogens with zero attached hydrogens (tertiary/aromatic N) is 4. The van der Waals surface area contributed by atoms with E-state index >= 15 is 0 Å². The molecule has 0 unspecified atom stereocenters. The van der Waals surface area contributed by atoms with Gasteiger partial charge >= 0.3 is 0 Å². The second-order valence-electron chi connectivity index (χ2n) is 16.4. The minimum absolute atomic E-state index is 0.223. The van der Waals surface area contributed by atoms with Crippen LogP contribution < -0.4 is 0 Å². The van der Waals surface area contributed by atoms with Gasteiger partial charge < -0.3 is 0 Å². The molecule has 0 aromatic carbocycles. The highest BCUT2D eigenvalue weighted by atomic mass is 14.7. The molecule has 0 atom stereocenters. The van der Waals surface area contributed by atoms with Gasteiger partial charge in [0.15, 0.2) is 0 Å². The lowest BCUT2D eigenvalue weighted by Crippen LogP contribution is -2.13. The van der Waals surface area contributed by atoms with Crippen molar-refractivity contribution in [3.8, 4) is 0 Å². The predicted molar refractivity (Wildman–Crippen MR) is 199 cm³/mol. The van der Waals surface area contributed by atoms with Gasteiger partial charge in [-0.2, -0.15) is 0 Å². The second kappa shape index (κ2) is 15.8. The Morgan fingerprint density at radius 2 is 0.957 bits per heavy atom. The van der Waals surface area contributed by atoms with Crippen LogP contribution in [0, 0.1) is 20.8 Å². The van der Waals surface area contributed by atoms with E-state index in [1.807, 2.05) is 45.6 Å². The molecular formula is C42H60N4. The van der Waals surface area contributed by atoms with E-state index in [0.717, 1.165) is 23.5 Å². The quantitative estimate of drug-likeness (QED) is 0.196. The van der Waals surface area contributed by atoms with Crippen LogP contribution in [0.5, 0.6) is 0 Å². The molecule has 46 heavy (non-hydrogen) atoms. The van der Waals surface area contributed by atoms with Gasteiger partial charge in [0, 0.05) is 48.3 Å². The summed E-state index contributed by atoms with van der Waals surface area (Å²) in [5.74, 6) is 0. The molecule has 0 radical (unpaired) electrons. The Bertz CT molecular complexity index is 1480. The van der Waals surface area contributed by atoms with Gasteiger partial charge in [-0.1, -0.05) is 107 Å². The number of pyridine rings is 4. The highest BCUT2D eigenvalue weighted by molar-refractivity contribution is 5.62. The fraction of sp³-hybridized carbons (Fsp3) is 0.476. The van der Waals surface area contributed by atoms with Crippen molar-refractivity contribution in [2.24, 2.45) is 0 Å². The summed E-state index contributed by atoms with van der Waals surface area (Å²) < 4.78 is 0. The molecule has 4 aromatic heterocycles. The van der Waals surface area contributed by atoms with Gasteiger partial charge in [-0.05, 0) is 101 Å². The maximum atomic E-state index is 4.37. The summed E-state index contributed by atoms with van der Waals surface area (Å²) in [6.45, 7) is 32.6. The molecule has 0 saturated heterocycles.